The van der Waals surface area contributed by atoms with Crippen LogP contribution in [0.4, 0.5) is 0 Å². The van der Waals surface area contributed by atoms with E-state index in [1.807, 2.05) is 18.4 Å². The zero-order valence-electron chi connectivity index (χ0n) is 14.7. The molecule has 1 aliphatic rings. The predicted molar refractivity (Wildman–Crippen MR) is 94.0 cm³/mol. The Morgan fingerprint density at radius 2 is 2.23 bits per heavy atom. The number of hydrogen-bond acceptors (Lipinski definition) is 6. The van der Waals surface area contributed by atoms with Crippen LogP contribution in [0, 0.1) is 6.92 Å². The van der Waals surface area contributed by atoms with Gasteiger partial charge in [-0.15, -0.1) is 0 Å². The third-order valence-corrected chi connectivity index (χ3v) is 4.85. The van der Waals surface area contributed by atoms with Crippen LogP contribution >= 0.6 is 0 Å². The van der Waals surface area contributed by atoms with Crippen molar-refractivity contribution in [1.29, 1.82) is 0 Å². The summed E-state index contributed by atoms with van der Waals surface area (Å²) in [6.07, 6.45) is 3.67. The van der Waals surface area contributed by atoms with Gasteiger partial charge in [0, 0.05) is 37.4 Å². The van der Waals surface area contributed by atoms with Gasteiger partial charge < -0.3 is 14.0 Å². The summed E-state index contributed by atoms with van der Waals surface area (Å²) in [7, 11) is 0. The molecular formula is C18H19N5O3. The van der Waals surface area contributed by atoms with Crippen LogP contribution in [0.25, 0.3) is 11.0 Å². The van der Waals surface area contributed by atoms with Crippen molar-refractivity contribution in [2.75, 3.05) is 13.1 Å². The molecule has 3 aromatic heterocycles. The first-order valence-electron chi connectivity index (χ1n) is 8.64. The Bertz CT molecular complexity index is 1030. The second kappa shape index (κ2) is 6.36. The number of amides is 1. The third kappa shape index (κ3) is 2.67. The number of nitrogens with zero attached hydrogens (tertiary/aromatic N) is 5. The lowest BCUT2D eigenvalue weighted by Crippen LogP contribution is -2.33. The standard InChI is InChI=1S/C18H19N5O3/c1-3-22-9-14(15(24)13-5-4-11(2)20-17(13)22)18(25)23-7-6-12(8-23)16-19-10-26-21-16/h4-5,9-10,12H,3,6-8H2,1-2H3/t12-/m1/s1. The zero-order chi connectivity index (χ0) is 18.3. The molecule has 0 unspecified atom stereocenters. The van der Waals surface area contributed by atoms with Crippen LogP contribution in [0.2, 0.25) is 0 Å². The number of carbonyl (C=O) groups is 1. The summed E-state index contributed by atoms with van der Waals surface area (Å²) >= 11 is 0. The Balaban J connectivity index is 1.70. The third-order valence-electron chi connectivity index (χ3n) is 4.85. The largest absolute Gasteiger partial charge is 0.343 e. The SMILES string of the molecule is CCn1cc(C(=O)N2CC[C@@H](c3ncon3)C2)c(=O)c2ccc(C)nc21. The average Bonchev–Trinajstić information content (AvgIpc) is 3.33. The van der Waals surface area contributed by atoms with Crippen molar-refractivity contribution >= 4 is 16.9 Å². The summed E-state index contributed by atoms with van der Waals surface area (Å²) in [5, 5.41) is 4.33. The summed E-state index contributed by atoms with van der Waals surface area (Å²) in [5.41, 5.74) is 1.35. The highest BCUT2D eigenvalue weighted by molar-refractivity contribution is 5.97. The molecule has 1 fully saturated rings. The Morgan fingerprint density at radius 3 is 2.96 bits per heavy atom. The Morgan fingerprint density at radius 1 is 1.38 bits per heavy atom. The second-order valence-electron chi connectivity index (χ2n) is 6.51. The lowest BCUT2D eigenvalue weighted by atomic mass is 10.1. The number of likely N-dealkylation sites (tertiary alicyclic amines) is 1. The number of aryl methyl sites for hydroxylation is 2. The van der Waals surface area contributed by atoms with Crippen LogP contribution < -0.4 is 5.43 Å². The quantitative estimate of drug-likeness (QED) is 0.712. The molecule has 0 saturated carbocycles. The van der Waals surface area contributed by atoms with Gasteiger partial charge in [-0.25, -0.2) is 4.98 Å². The molecule has 0 bridgehead atoms. The second-order valence-corrected chi connectivity index (χ2v) is 6.51. The van der Waals surface area contributed by atoms with E-state index in [2.05, 4.69) is 15.1 Å². The fourth-order valence-corrected chi connectivity index (χ4v) is 3.44. The van der Waals surface area contributed by atoms with Crippen molar-refractivity contribution < 1.29 is 9.32 Å². The summed E-state index contributed by atoms with van der Waals surface area (Å²) in [6.45, 7) is 5.51. The van der Waals surface area contributed by atoms with Crippen LogP contribution in [0.15, 0.2) is 34.0 Å². The van der Waals surface area contributed by atoms with E-state index in [1.54, 1.807) is 23.2 Å². The van der Waals surface area contributed by atoms with E-state index in [0.29, 0.717) is 36.5 Å². The molecule has 0 aliphatic carbocycles. The summed E-state index contributed by atoms with van der Waals surface area (Å²) in [4.78, 5) is 36.1. The van der Waals surface area contributed by atoms with E-state index in [9.17, 15) is 9.59 Å². The molecule has 8 heteroatoms. The van der Waals surface area contributed by atoms with Gasteiger partial charge in [-0.2, -0.15) is 4.98 Å². The summed E-state index contributed by atoms with van der Waals surface area (Å²) in [6, 6.07) is 3.54. The van der Waals surface area contributed by atoms with Crippen molar-refractivity contribution in [3.63, 3.8) is 0 Å². The van der Waals surface area contributed by atoms with E-state index >= 15 is 0 Å². The van der Waals surface area contributed by atoms with Crippen molar-refractivity contribution in [2.45, 2.75) is 32.7 Å². The molecule has 0 aromatic carbocycles. The van der Waals surface area contributed by atoms with Gasteiger partial charge in [0.1, 0.15) is 11.2 Å². The van der Waals surface area contributed by atoms with Crippen LogP contribution in [0.3, 0.4) is 0 Å². The highest BCUT2D eigenvalue weighted by Crippen LogP contribution is 2.25. The lowest BCUT2D eigenvalue weighted by molar-refractivity contribution is 0.0788. The molecule has 4 rings (SSSR count). The number of hydrogen-bond donors (Lipinski definition) is 0. The molecule has 3 aromatic rings. The van der Waals surface area contributed by atoms with Crippen molar-refractivity contribution in [1.82, 2.24) is 24.6 Å². The number of carbonyl (C=O) groups excluding carboxylic acids is 1. The topological polar surface area (TPSA) is 94.1 Å². The van der Waals surface area contributed by atoms with Gasteiger partial charge in [-0.3, -0.25) is 9.59 Å². The Kier molecular flexibility index (Phi) is 4.02. The van der Waals surface area contributed by atoms with E-state index in [4.69, 9.17) is 4.52 Å². The molecular weight excluding hydrogens is 334 g/mol. The molecule has 0 radical (unpaired) electrons. The first-order valence-corrected chi connectivity index (χ1v) is 8.64. The fourth-order valence-electron chi connectivity index (χ4n) is 3.44. The molecule has 0 N–H and O–H groups in total. The Hall–Kier alpha value is -3.03. The number of aromatic nitrogens is 4. The van der Waals surface area contributed by atoms with E-state index in [0.717, 1.165) is 12.1 Å². The molecule has 4 heterocycles. The van der Waals surface area contributed by atoms with E-state index in [-0.39, 0.29) is 22.8 Å². The van der Waals surface area contributed by atoms with Gasteiger partial charge in [0.25, 0.3) is 5.91 Å². The Labute approximate surface area is 149 Å². The first-order chi connectivity index (χ1) is 12.6. The molecule has 8 nitrogen and oxygen atoms in total. The maximum Gasteiger partial charge on any atom is 0.259 e. The summed E-state index contributed by atoms with van der Waals surface area (Å²) in [5.74, 6) is 0.381. The van der Waals surface area contributed by atoms with Gasteiger partial charge in [-0.1, -0.05) is 5.16 Å². The predicted octanol–water partition coefficient (Wildman–Crippen LogP) is 1.74. The van der Waals surface area contributed by atoms with Gasteiger partial charge in [0.15, 0.2) is 5.82 Å². The fraction of sp³-hybridized carbons (Fsp3) is 0.389. The lowest BCUT2D eigenvalue weighted by Gasteiger charge is -2.17. The number of pyridine rings is 2. The highest BCUT2D eigenvalue weighted by Gasteiger charge is 2.31. The molecule has 26 heavy (non-hydrogen) atoms. The van der Waals surface area contributed by atoms with Crippen LogP contribution in [0.5, 0.6) is 0 Å². The van der Waals surface area contributed by atoms with Crippen molar-refractivity contribution in [2.24, 2.45) is 0 Å². The van der Waals surface area contributed by atoms with Gasteiger partial charge in [0.2, 0.25) is 11.8 Å². The van der Waals surface area contributed by atoms with Crippen LogP contribution in [-0.2, 0) is 6.54 Å². The first kappa shape index (κ1) is 16.4. The minimum absolute atomic E-state index is 0.0378. The smallest absolute Gasteiger partial charge is 0.259 e. The van der Waals surface area contributed by atoms with Gasteiger partial charge in [0.05, 0.1) is 5.39 Å². The average molecular weight is 353 g/mol. The molecule has 0 spiro atoms. The van der Waals surface area contributed by atoms with Crippen molar-refractivity contribution in [3.8, 4) is 0 Å². The van der Waals surface area contributed by atoms with Gasteiger partial charge >= 0.3 is 0 Å². The van der Waals surface area contributed by atoms with Gasteiger partial charge in [-0.05, 0) is 32.4 Å². The van der Waals surface area contributed by atoms with E-state index < -0.39 is 0 Å². The monoisotopic (exact) mass is 353 g/mol. The molecule has 134 valence electrons. The number of rotatable bonds is 3. The van der Waals surface area contributed by atoms with Crippen LogP contribution in [-0.4, -0.2) is 43.6 Å². The minimum atomic E-state index is -0.273. The molecule has 1 amide bonds. The highest BCUT2D eigenvalue weighted by atomic mass is 16.5. The summed E-state index contributed by atoms with van der Waals surface area (Å²) < 4.78 is 6.64. The molecule has 1 saturated heterocycles. The molecule has 1 aliphatic heterocycles. The number of fused-ring (bicyclic) bond motifs is 1. The normalized spacial score (nSPS) is 17.2. The molecule has 1 atom stereocenters. The van der Waals surface area contributed by atoms with Crippen molar-refractivity contribution in [3.05, 3.63) is 52.0 Å². The van der Waals surface area contributed by atoms with E-state index in [1.165, 1.54) is 6.39 Å². The van der Waals surface area contributed by atoms with Crippen LogP contribution in [0.1, 0.15) is 41.1 Å². The zero-order valence-corrected chi connectivity index (χ0v) is 14.7. The maximum absolute atomic E-state index is 13.0. The minimum Gasteiger partial charge on any atom is -0.343 e. The maximum atomic E-state index is 13.0.